The van der Waals surface area contributed by atoms with E-state index in [0.29, 0.717) is 23.1 Å². The van der Waals surface area contributed by atoms with Crippen LogP contribution in [0.5, 0.6) is 5.75 Å². The summed E-state index contributed by atoms with van der Waals surface area (Å²) < 4.78 is 11.1. The number of thioether (sulfide) groups is 1. The fraction of sp³-hybridized carbons (Fsp3) is 0.500. The third kappa shape index (κ3) is 4.73. The third-order valence-corrected chi connectivity index (χ3v) is 7.67. The first-order valence-electron chi connectivity index (χ1n) is 12.0. The van der Waals surface area contributed by atoms with Crippen molar-refractivity contribution < 1.29 is 19.1 Å². The number of aliphatic imine (C=N–C) groups is 1. The number of carbonyl (C=O) groups excluding carboxylic acids is 2. The van der Waals surface area contributed by atoms with Gasteiger partial charge in [0, 0.05) is 24.4 Å². The molecule has 1 unspecified atom stereocenters. The van der Waals surface area contributed by atoms with E-state index in [4.69, 9.17) is 14.5 Å². The van der Waals surface area contributed by atoms with Gasteiger partial charge in [0.15, 0.2) is 5.17 Å². The van der Waals surface area contributed by atoms with E-state index in [0.717, 1.165) is 29.3 Å². The summed E-state index contributed by atoms with van der Waals surface area (Å²) in [4.78, 5) is 35.0. The largest absolute Gasteiger partial charge is 0.496 e. The van der Waals surface area contributed by atoms with Crippen molar-refractivity contribution in [1.82, 2.24) is 9.80 Å². The molecule has 3 aliphatic rings. The lowest BCUT2D eigenvalue weighted by Crippen LogP contribution is -2.41. The average molecular weight is 484 g/mol. The van der Waals surface area contributed by atoms with Crippen molar-refractivity contribution in [2.24, 2.45) is 4.99 Å². The molecule has 0 spiro atoms. The van der Waals surface area contributed by atoms with Crippen LogP contribution in [0.2, 0.25) is 0 Å². The van der Waals surface area contributed by atoms with Crippen LogP contribution in [0.1, 0.15) is 64.0 Å². The van der Waals surface area contributed by atoms with E-state index in [9.17, 15) is 9.59 Å². The van der Waals surface area contributed by atoms with E-state index in [1.807, 2.05) is 53.4 Å². The van der Waals surface area contributed by atoms with Gasteiger partial charge < -0.3 is 19.3 Å². The van der Waals surface area contributed by atoms with Crippen LogP contribution in [0.25, 0.3) is 0 Å². The van der Waals surface area contributed by atoms with Gasteiger partial charge in [-0.05, 0) is 38.2 Å². The Morgan fingerprint density at radius 3 is 2.65 bits per heavy atom. The summed E-state index contributed by atoms with van der Waals surface area (Å²) in [6, 6.07) is 7.47. The number of para-hydroxylation sites is 1. The molecule has 4 rings (SSSR count). The van der Waals surface area contributed by atoms with Crippen molar-refractivity contribution in [3.8, 4) is 5.75 Å². The molecule has 0 aromatic heterocycles. The number of hydrogen-bond acceptors (Lipinski definition) is 7. The van der Waals surface area contributed by atoms with Gasteiger partial charge in [-0.3, -0.25) is 4.79 Å². The molecule has 182 valence electrons. The normalized spacial score (nSPS) is 20.5. The molecule has 1 saturated carbocycles. The molecule has 1 aromatic carbocycles. The summed E-state index contributed by atoms with van der Waals surface area (Å²) in [5, 5.41) is 2.74. The lowest BCUT2D eigenvalue weighted by molar-refractivity contribution is -0.139. The van der Waals surface area contributed by atoms with Gasteiger partial charge in [0.25, 0.3) is 0 Å². The zero-order valence-corrected chi connectivity index (χ0v) is 21.2. The highest BCUT2D eigenvalue weighted by Crippen LogP contribution is 2.47. The number of fused-ring (bicyclic) bond motifs is 1. The van der Waals surface area contributed by atoms with Crippen LogP contribution in [0.4, 0.5) is 0 Å². The van der Waals surface area contributed by atoms with Crippen LogP contribution in [0.3, 0.4) is 0 Å². The molecule has 0 radical (unpaired) electrons. The highest BCUT2D eigenvalue weighted by molar-refractivity contribution is 8.16. The van der Waals surface area contributed by atoms with Gasteiger partial charge in [-0.15, -0.1) is 0 Å². The lowest BCUT2D eigenvalue weighted by Gasteiger charge is -2.37. The smallest absolute Gasteiger partial charge is 0.338 e. The number of allylic oxidation sites excluding steroid dienone is 1. The maximum Gasteiger partial charge on any atom is 0.338 e. The molecule has 1 aliphatic carbocycles. The number of amidine groups is 1. The van der Waals surface area contributed by atoms with Crippen molar-refractivity contribution in [1.29, 1.82) is 0 Å². The third-order valence-electron chi connectivity index (χ3n) is 6.78. The zero-order valence-electron chi connectivity index (χ0n) is 20.4. The number of carbonyl (C=O) groups is 2. The number of methoxy groups -OCH3 is 1. The van der Waals surface area contributed by atoms with Gasteiger partial charge in [0.05, 0.1) is 37.4 Å². The molecule has 1 atom stereocenters. The Morgan fingerprint density at radius 2 is 1.94 bits per heavy atom. The monoisotopic (exact) mass is 483 g/mol. The zero-order chi connectivity index (χ0) is 24.2. The van der Waals surface area contributed by atoms with Crippen molar-refractivity contribution in [3.05, 3.63) is 52.2 Å². The van der Waals surface area contributed by atoms with E-state index in [1.54, 1.807) is 14.0 Å². The second-order valence-corrected chi connectivity index (χ2v) is 9.67. The Labute approximate surface area is 205 Å². The summed E-state index contributed by atoms with van der Waals surface area (Å²) in [5.74, 6) is 0.355. The van der Waals surface area contributed by atoms with Crippen LogP contribution in [-0.4, -0.2) is 53.7 Å². The number of hydrogen-bond donors (Lipinski definition) is 0. The first kappa shape index (κ1) is 24.4. The first-order valence-corrected chi connectivity index (χ1v) is 12.8. The highest BCUT2D eigenvalue weighted by atomic mass is 32.2. The minimum absolute atomic E-state index is 0.0859. The average Bonchev–Trinajstić information content (AvgIpc) is 3.25. The highest BCUT2D eigenvalue weighted by Gasteiger charge is 2.42. The van der Waals surface area contributed by atoms with Gasteiger partial charge in [0.2, 0.25) is 5.91 Å². The van der Waals surface area contributed by atoms with Crippen LogP contribution in [-0.2, 0) is 14.3 Å². The second kappa shape index (κ2) is 10.7. The first-order chi connectivity index (χ1) is 16.5. The number of esters is 1. The fourth-order valence-corrected chi connectivity index (χ4v) is 5.94. The number of nitrogens with zero attached hydrogens (tertiary/aromatic N) is 3. The maximum absolute atomic E-state index is 13.3. The molecule has 1 aromatic rings. The molecule has 0 saturated heterocycles. The molecule has 2 heterocycles. The summed E-state index contributed by atoms with van der Waals surface area (Å²) in [5.41, 5.74) is 2.76. The fourth-order valence-electron chi connectivity index (χ4n) is 4.98. The van der Waals surface area contributed by atoms with Gasteiger partial charge in [-0.25, -0.2) is 9.79 Å². The van der Waals surface area contributed by atoms with E-state index < -0.39 is 12.0 Å². The Bertz CT molecular complexity index is 1040. The summed E-state index contributed by atoms with van der Waals surface area (Å²) in [6.07, 6.45) is 5.96. The molecule has 7 nitrogen and oxygen atoms in total. The Balaban J connectivity index is 1.68. The Hall–Kier alpha value is -2.74. The number of rotatable bonds is 7. The van der Waals surface area contributed by atoms with Gasteiger partial charge in [-0.2, -0.15) is 0 Å². The molecule has 0 N–H and O–H groups in total. The van der Waals surface area contributed by atoms with E-state index in [-0.39, 0.29) is 18.9 Å². The predicted octanol–water partition coefficient (Wildman–Crippen LogP) is 5.01. The van der Waals surface area contributed by atoms with Crippen molar-refractivity contribution >= 4 is 28.8 Å². The van der Waals surface area contributed by atoms with Crippen LogP contribution >= 0.6 is 11.8 Å². The van der Waals surface area contributed by atoms with E-state index in [2.05, 4.69) is 0 Å². The minimum Gasteiger partial charge on any atom is -0.496 e. The molecule has 2 aliphatic heterocycles. The minimum atomic E-state index is -0.489. The van der Waals surface area contributed by atoms with E-state index >= 15 is 0 Å². The second-order valence-electron chi connectivity index (χ2n) is 8.83. The molecular formula is C26H33N3O4S. The molecule has 8 heteroatoms. The maximum atomic E-state index is 13.3. The number of benzene rings is 1. The number of amides is 1. The van der Waals surface area contributed by atoms with Crippen molar-refractivity contribution in [2.75, 3.05) is 20.8 Å². The summed E-state index contributed by atoms with van der Waals surface area (Å²) in [7, 11) is 3.54. The molecule has 0 bridgehead atoms. The quantitative estimate of drug-likeness (QED) is 0.508. The predicted molar refractivity (Wildman–Crippen MR) is 134 cm³/mol. The molecule has 1 fully saturated rings. The Morgan fingerprint density at radius 1 is 1.21 bits per heavy atom. The lowest BCUT2D eigenvalue weighted by atomic mass is 9.92. The molecular weight excluding hydrogens is 450 g/mol. The number of ether oxygens (including phenoxy) is 2. The molecule has 1 amide bonds. The van der Waals surface area contributed by atoms with Crippen LogP contribution in [0, 0.1) is 0 Å². The summed E-state index contributed by atoms with van der Waals surface area (Å²) in [6.45, 7) is 3.90. The van der Waals surface area contributed by atoms with Crippen molar-refractivity contribution in [2.45, 2.75) is 64.5 Å². The van der Waals surface area contributed by atoms with Gasteiger partial charge >= 0.3 is 5.97 Å². The van der Waals surface area contributed by atoms with Crippen LogP contribution < -0.4 is 4.74 Å². The van der Waals surface area contributed by atoms with Gasteiger partial charge in [0.1, 0.15) is 5.75 Å². The van der Waals surface area contributed by atoms with Crippen molar-refractivity contribution in [3.63, 3.8) is 0 Å². The van der Waals surface area contributed by atoms with E-state index in [1.165, 1.54) is 31.0 Å². The topological polar surface area (TPSA) is 71.4 Å². The van der Waals surface area contributed by atoms with Gasteiger partial charge in [-0.1, -0.05) is 49.2 Å². The molecule has 34 heavy (non-hydrogen) atoms. The SMILES string of the molecule is CCOC(=O)C1=C(C)N=C2SC=C(CC(=O)N(C)C3CCCCC3)N2C1c1ccccc1OC. The Kier molecular flexibility index (Phi) is 7.66. The van der Waals surface area contributed by atoms with Crippen LogP contribution in [0.15, 0.2) is 51.6 Å². The summed E-state index contributed by atoms with van der Waals surface area (Å²) >= 11 is 1.48. The standard InChI is InChI=1S/C26H33N3O4S/c1-5-33-25(31)23-17(2)27-26-29(24(23)20-13-9-10-14-21(20)32-4)19(16-34-26)15-22(30)28(3)18-11-7-6-8-12-18/h9-10,13-14,16,18,24H,5-8,11-12,15H2,1-4H3.